The van der Waals surface area contributed by atoms with Crippen molar-refractivity contribution in [3.8, 4) is 0 Å². The van der Waals surface area contributed by atoms with Crippen molar-refractivity contribution in [1.29, 1.82) is 0 Å². The highest BCUT2D eigenvalue weighted by atomic mass is 16.5. The zero-order valence-electron chi connectivity index (χ0n) is 15.0. The van der Waals surface area contributed by atoms with E-state index in [2.05, 4.69) is 15.2 Å². The van der Waals surface area contributed by atoms with Gasteiger partial charge in [-0.15, -0.1) is 0 Å². The van der Waals surface area contributed by atoms with Crippen LogP contribution in [0.4, 0.5) is 0 Å². The summed E-state index contributed by atoms with van der Waals surface area (Å²) in [4.78, 5) is 30.6. The lowest BCUT2D eigenvalue weighted by Gasteiger charge is -2.30. The van der Waals surface area contributed by atoms with Gasteiger partial charge in [0.15, 0.2) is 5.43 Å². The number of carbonyl (C=O) groups is 1. The van der Waals surface area contributed by atoms with E-state index in [1.165, 1.54) is 6.07 Å². The number of aromatic nitrogens is 1. The second-order valence-electron chi connectivity index (χ2n) is 7.31. The standard InChI is InChI=1S/C20H25N3O3/c1-26-13-9-10-23(12-13)18-8-4-7-16(18)22-20(25)17-11-19(24)14-5-2-3-6-15(14)21-17/h2-3,5-6,11,13,16,18H,4,7-10,12H2,1H3,(H,21,24)(H,22,25)/t13?,16-,18+/m1/s1. The molecule has 2 N–H and O–H groups in total. The highest BCUT2D eigenvalue weighted by molar-refractivity contribution is 5.95. The zero-order chi connectivity index (χ0) is 18.1. The molecule has 1 amide bonds. The number of rotatable bonds is 4. The molecule has 1 aromatic carbocycles. The number of nitrogens with one attached hydrogen (secondary N) is 2. The van der Waals surface area contributed by atoms with Crippen molar-refractivity contribution in [2.24, 2.45) is 0 Å². The predicted molar refractivity (Wildman–Crippen MR) is 100 cm³/mol. The van der Waals surface area contributed by atoms with Crippen LogP contribution in [0, 0.1) is 0 Å². The molecule has 4 rings (SSSR count). The first-order chi connectivity index (χ1) is 12.7. The normalized spacial score (nSPS) is 26.4. The molecule has 0 bridgehead atoms. The quantitative estimate of drug-likeness (QED) is 0.878. The van der Waals surface area contributed by atoms with Crippen LogP contribution < -0.4 is 10.7 Å². The lowest BCUT2D eigenvalue weighted by Crippen LogP contribution is -2.48. The SMILES string of the molecule is COC1CCN([C@H]2CCC[C@H]2NC(=O)c2cc(=O)c3ccccc3[nH]2)C1. The van der Waals surface area contributed by atoms with Gasteiger partial charge in [-0.2, -0.15) is 0 Å². The van der Waals surface area contributed by atoms with Gasteiger partial charge < -0.3 is 15.0 Å². The van der Waals surface area contributed by atoms with Crippen molar-refractivity contribution in [3.05, 3.63) is 46.2 Å². The van der Waals surface area contributed by atoms with Crippen molar-refractivity contribution in [1.82, 2.24) is 15.2 Å². The smallest absolute Gasteiger partial charge is 0.268 e. The number of nitrogens with zero attached hydrogens (tertiary/aromatic N) is 1. The molecule has 1 aromatic heterocycles. The van der Waals surface area contributed by atoms with Gasteiger partial charge in [-0.25, -0.2) is 0 Å². The van der Waals surface area contributed by atoms with Gasteiger partial charge in [0, 0.05) is 49.3 Å². The number of hydrogen-bond acceptors (Lipinski definition) is 4. The van der Waals surface area contributed by atoms with Crippen molar-refractivity contribution in [2.45, 2.75) is 43.9 Å². The van der Waals surface area contributed by atoms with E-state index in [1.807, 2.05) is 18.2 Å². The monoisotopic (exact) mass is 355 g/mol. The minimum absolute atomic E-state index is 0.119. The summed E-state index contributed by atoms with van der Waals surface area (Å²) in [5.74, 6) is -0.202. The number of hydrogen-bond donors (Lipinski definition) is 2. The zero-order valence-corrected chi connectivity index (χ0v) is 15.0. The van der Waals surface area contributed by atoms with Crippen LogP contribution in [0.25, 0.3) is 10.9 Å². The van der Waals surface area contributed by atoms with Gasteiger partial charge in [0.25, 0.3) is 5.91 Å². The van der Waals surface area contributed by atoms with Gasteiger partial charge in [0.05, 0.1) is 6.10 Å². The largest absolute Gasteiger partial charge is 0.380 e. The van der Waals surface area contributed by atoms with Crippen LogP contribution in [0.15, 0.2) is 35.1 Å². The van der Waals surface area contributed by atoms with Gasteiger partial charge >= 0.3 is 0 Å². The molecule has 1 saturated heterocycles. The molecule has 1 aliphatic carbocycles. The number of ether oxygens (including phenoxy) is 1. The van der Waals surface area contributed by atoms with Crippen LogP contribution in [-0.4, -0.2) is 54.2 Å². The van der Waals surface area contributed by atoms with E-state index in [9.17, 15) is 9.59 Å². The Morgan fingerprint density at radius 2 is 2.12 bits per heavy atom. The van der Waals surface area contributed by atoms with Crippen LogP contribution in [0.2, 0.25) is 0 Å². The Balaban J connectivity index is 1.50. The van der Waals surface area contributed by atoms with E-state index in [-0.39, 0.29) is 17.4 Å². The third kappa shape index (κ3) is 3.27. The van der Waals surface area contributed by atoms with E-state index < -0.39 is 0 Å². The Bertz CT molecular complexity index is 863. The minimum atomic E-state index is -0.202. The van der Waals surface area contributed by atoms with E-state index in [0.717, 1.165) is 38.8 Å². The predicted octanol–water partition coefficient (Wildman–Crippen LogP) is 1.90. The molecular weight excluding hydrogens is 330 g/mol. The van der Waals surface area contributed by atoms with Gasteiger partial charge in [0.2, 0.25) is 0 Å². The van der Waals surface area contributed by atoms with E-state index in [1.54, 1.807) is 13.2 Å². The first-order valence-corrected chi connectivity index (χ1v) is 9.35. The first-order valence-electron chi connectivity index (χ1n) is 9.35. The number of para-hydroxylation sites is 1. The number of carbonyl (C=O) groups excluding carboxylic acids is 1. The lowest BCUT2D eigenvalue weighted by molar-refractivity contribution is 0.0869. The molecule has 6 nitrogen and oxygen atoms in total. The fourth-order valence-corrected chi connectivity index (χ4v) is 4.36. The van der Waals surface area contributed by atoms with Crippen LogP contribution in [0.1, 0.15) is 36.2 Å². The van der Waals surface area contributed by atoms with Crippen LogP contribution >= 0.6 is 0 Å². The molecular formula is C20H25N3O3. The molecule has 0 radical (unpaired) electrons. The number of aromatic amines is 1. The van der Waals surface area contributed by atoms with Crippen molar-refractivity contribution in [3.63, 3.8) is 0 Å². The summed E-state index contributed by atoms with van der Waals surface area (Å²) in [6.07, 6.45) is 4.52. The lowest BCUT2D eigenvalue weighted by atomic mass is 10.1. The number of H-pyrrole nitrogens is 1. The third-order valence-electron chi connectivity index (χ3n) is 5.76. The molecule has 2 aliphatic rings. The summed E-state index contributed by atoms with van der Waals surface area (Å²) in [6.45, 7) is 1.95. The highest BCUT2D eigenvalue weighted by Crippen LogP contribution is 2.28. The van der Waals surface area contributed by atoms with Crippen molar-refractivity contribution < 1.29 is 9.53 Å². The molecule has 2 fully saturated rings. The van der Waals surface area contributed by atoms with Gasteiger partial charge in [-0.05, 0) is 37.8 Å². The average molecular weight is 355 g/mol. The van der Waals surface area contributed by atoms with Gasteiger partial charge in [-0.1, -0.05) is 12.1 Å². The molecule has 2 aromatic rings. The summed E-state index contributed by atoms with van der Waals surface area (Å²) in [5, 5.41) is 3.76. The summed E-state index contributed by atoms with van der Waals surface area (Å²) >= 11 is 0. The third-order valence-corrected chi connectivity index (χ3v) is 5.76. The molecule has 1 aliphatic heterocycles. The van der Waals surface area contributed by atoms with Crippen molar-refractivity contribution in [2.75, 3.05) is 20.2 Å². The number of methoxy groups -OCH3 is 1. The Morgan fingerprint density at radius 1 is 1.27 bits per heavy atom. The van der Waals surface area contributed by atoms with E-state index >= 15 is 0 Å². The van der Waals surface area contributed by atoms with Gasteiger partial charge in [0.1, 0.15) is 5.69 Å². The molecule has 0 spiro atoms. The molecule has 3 atom stereocenters. The Hall–Kier alpha value is -2.18. The van der Waals surface area contributed by atoms with Crippen LogP contribution in [0.3, 0.4) is 0 Å². The first kappa shape index (κ1) is 17.2. The molecule has 1 unspecified atom stereocenters. The highest BCUT2D eigenvalue weighted by Gasteiger charge is 2.37. The molecule has 1 saturated carbocycles. The van der Waals surface area contributed by atoms with Crippen molar-refractivity contribution >= 4 is 16.8 Å². The Labute approximate surface area is 152 Å². The molecule has 26 heavy (non-hydrogen) atoms. The maximum Gasteiger partial charge on any atom is 0.268 e. The Kier molecular flexibility index (Phi) is 4.78. The Morgan fingerprint density at radius 3 is 2.92 bits per heavy atom. The number of benzene rings is 1. The minimum Gasteiger partial charge on any atom is -0.380 e. The summed E-state index contributed by atoms with van der Waals surface area (Å²) in [7, 11) is 1.76. The fourth-order valence-electron chi connectivity index (χ4n) is 4.36. The maximum atomic E-state index is 12.8. The second kappa shape index (κ2) is 7.21. The summed E-state index contributed by atoms with van der Waals surface area (Å²) < 4.78 is 5.47. The number of amides is 1. The van der Waals surface area contributed by atoms with Gasteiger partial charge in [-0.3, -0.25) is 14.5 Å². The van der Waals surface area contributed by atoms with E-state index in [4.69, 9.17) is 4.74 Å². The fraction of sp³-hybridized carbons (Fsp3) is 0.500. The maximum absolute atomic E-state index is 12.8. The molecule has 6 heteroatoms. The van der Waals surface area contributed by atoms with Crippen LogP contribution in [0.5, 0.6) is 0 Å². The molecule has 138 valence electrons. The topological polar surface area (TPSA) is 74.4 Å². The summed E-state index contributed by atoms with van der Waals surface area (Å²) in [6, 6.07) is 9.14. The number of fused-ring (bicyclic) bond motifs is 1. The molecule has 2 heterocycles. The summed E-state index contributed by atoms with van der Waals surface area (Å²) in [5.41, 5.74) is 0.890. The number of pyridine rings is 1. The number of likely N-dealkylation sites (tertiary alicyclic amines) is 1. The van der Waals surface area contributed by atoms with Crippen LogP contribution in [-0.2, 0) is 4.74 Å². The van der Waals surface area contributed by atoms with E-state index in [0.29, 0.717) is 28.7 Å². The second-order valence-corrected chi connectivity index (χ2v) is 7.31. The average Bonchev–Trinajstić information content (AvgIpc) is 3.30.